The molecule has 0 aliphatic heterocycles. The van der Waals surface area contributed by atoms with E-state index in [1.54, 1.807) is 25.1 Å². The fraction of sp³-hybridized carbons (Fsp3) is 0.435. The number of amides is 1. The van der Waals surface area contributed by atoms with Gasteiger partial charge in [0, 0.05) is 12.1 Å². The maximum Gasteiger partial charge on any atom is 0.262 e. The molecule has 0 radical (unpaired) electrons. The molecular weight excluding hydrogens is 432 g/mol. The Kier molecular flexibility index (Phi) is 7.84. The summed E-state index contributed by atoms with van der Waals surface area (Å²) >= 11 is 0. The third-order valence-corrected chi connectivity index (χ3v) is 6.80. The first-order valence-corrected chi connectivity index (χ1v) is 12.1. The van der Waals surface area contributed by atoms with Crippen molar-refractivity contribution in [2.45, 2.75) is 56.1 Å². The van der Waals surface area contributed by atoms with E-state index < -0.39 is 16.1 Å². The van der Waals surface area contributed by atoms with E-state index in [1.165, 1.54) is 44.9 Å². The minimum Gasteiger partial charge on any atom is -0.497 e. The van der Waals surface area contributed by atoms with E-state index >= 15 is 0 Å². The highest BCUT2D eigenvalue weighted by Crippen LogP contribution is 2.31. The van der Waals surface area contributed by atoms with Crippen LogP contribution in [0.4, 0.5) is 5.69 Å². The second-order valence-electron chi connectivity index (χ2n) is 7.75. The number of benzene rings is 2. The largest absolute Gasteiger partial charge is 0.497 e. The van der Waals surface area contributed by atoms with Gasteiger partial charge in [0.25, 0.3) is 15.9 Å². The van der Waals surface area contributed by atoms with Crippen LogP contribution in [0.25, 0.3) is 0 Å². The van der Waals surface area contributed by atoms with Gasteiger partial charge in [0.2, 0.25) is 0 Å². The summed E-state index contributed by atoms with van der Waals surface area (Å²) in [5, 5.41) is 3.03. The molecule has 1 amide bonds. The molecule has 0 unspecified atom stereocenters. The van der Waals surface area contributed by atoms with Crippen LogP contribution in [0, 0.1) is 0 Å². The van der Waals surface area contributed by atoms with Gasteiger partial charge in [-0.3, -0.25) is 9.52 Å². The number of rotatable bonds is 9. The second-order valence-corrected chi connectivity index (χ2v) is 9.43. The molecule has 1 aliphatic rings. The zero-order chi connectivity index (χ0) is 23.1. The smallest absolute Gasteiger partial charge is 0.262 e. The van der Waals surface area contributed by atoms with Gasteiger partial charge in [-0.1, -0.05) is 19.3 Å². The Morgan fingerprint density at radius 2 is 1.62 bits per heavy atom. The fourth-order valence-corrected chi connectivity index (χ4v) is 4.68. The summed E-state index contributed by atoms with van der Waals surface area (Å²) in [7, 11) is -0.921. The molecule has 1 aliphatic carbocycles. The van der Waals surface area contributed by atoms with Crippen molar-refractivity contribution in [1.29, 1.82) is 0 Å². The number of carbonyl (C=O) groups excluding carboxylic acids is 1. The van der Waals surface area contributed by atoms with Crippen molar-refractivity contribution in [2.75, 3.05) is 18.9 Å². The van der Waals surface area contributed by atoms with Crippen LogP contribution in [0.2, 0.25) is 0 Å². The lowest BCUT2D eigenvalue weighted by molar-refractivity contribution is -0.128. The summed E-state index contributed by atoms with van der Waals surface area (Å²) in [6.45, 7) is 1.68. The van der Waals surface area contributed by atoms with Crippen LogP contribution in [-0.2, 0) is 14.8 Å². The maximum atomic E-state index is 12.8. The summed E-state index contributed by atoms with van der Waals surface area (Å²) in [5.41, 5.74) is 0.264. The Labute approximate surface area is 189 Å². The second kappa shape index (κ2) is 10.6. The Bertz CT molecular complexity index is 1020. The molecule has 8 nitrogen and oxygen atoms in total. The lowest BCUT2D eigenvalue weighted by Gasteiger charge is -2.24. The zero-order valence-electron chi connectivity index (χ0n) is 18.6. The monoisotopic (exact) mass is 462 g/mol. The molecule has 0 aromatic heterocycles. The number of hydrogen-bond acceptors (Lipinski definition) is 6. The first-order valence-electron chi connectivity index (χ1n) is 10.6. The highest BCUT2D eigenvalue weighted by molar-refractivity contribution is 7.92. The molecule has 0 bridgehead atoms. The summed E-state index contributed by atoms with van der Waals surface area (Å²) in [5.74, 6) is 1.11. The van der Waals surface area contributed by atoms with Gasteiger partial charge in [-0.2, -0.15) is 0 Å². The number of nitrogens with one attached hydrogen (secondary N) is 2. The van der Waals surface area contributed by atoms with Gasteiger partial charge in [0.1, 0.15) is 17.2 Å². The van der Waals surface area contributed by atoms with Crippen LogP contribution >= 0.6 is 0 Å². The van der Waals surface area contributed by atoms with E-state index in [2.05, 4.69) is 10.0 Å². The minimum absolute atomic E-state index is 0.0500. The lowest BCUT2D eigenvalue weighted by atomic mass is 9.95. The summed E-state index contributed by atoms with van der Waals surface area (Å²) in [4.78, 5) is 12.4. The van der Waals surface area contributed by atoms with E-state index in [0.29, 0.717) is 17.2 Å². The molecule has 2 aromatic rings. The van der Waals surface area contributed by atoms with Gasteiger partial charge < -0.3 is 19.5 Å². The third-order valence-electron chi connectivity index (χ3n) is 5.42. The number of carbonyl (C=O) groups is 1. The number of hydrogen-bond donors (Lipinski definition) is 2. The van der Waals surface area contributed by atoms with E-state index in [9.17, 15) is 13.2 Å². The van der Waals surface area contributed by atoms with Gasteiger partial charge in [-0.05, 0) is 56.2 Å². The normalized spacial score (nSPS) is 15.5. The van der Waals surface area contributed by atoms with Crippen LogP contribution in [0.1, 0.15) is 39.0 Å². The van der Waals surface area contributed by atoms with Gasteiger partial charge in [-0.25, -0.2) is 8.42 Å². The highest BCUT2D eigenvalue weighted by Gasteiger charge is 2.21. The van der Waals surface area contributed by atoms with Crippen molar-refractivity contribution in [3.63, 3.8) is 0 Å². The lowest BCUT2D eigenvalue weighted by Crippen LogP contribution is -2.43. The van der Waals surface area contributed by atoms with E-state index in [0.717, 1.165) is 25.7 Å². The minimum atomic E-state index is -3.87. The third kappa shape index (κ3) is 6.06. The fourth-order valence-electron chi connectivity index (χ4n) is 3.62. The maximum absolute atomic E-state index is 12.8. The van der Waals surface area contributed by atoms with Crippen molar-refractivity contribution in [2.24, 2.45) is 0 Å². The Hall–Kier alpha value is -2.94. The number of methoxy groups -OCH3 is 2. The van der Waals surface area contributed by atoms with E-state index in [1.807, 2.05) is 0 Å². The number of ether oxygens (including phenoxy) is 3. The molecule has 1 fully saturated rings. The molecule has 9 heteroatoms. The molecule has 1 atom stereocenters. The average Bonchev–Trinajstić information content (AvgIpc) is 2.79. The van der Waals surface area contributed by atoms with Gasteiger partial charge in [0.15, 0.2) is 6.10 Å². The standard InChI is InChI=1S/C23H30N2O6S/c1-16(23(26)24-17-7-5-4-6-8-17)31-18-9-12-20(13-10-18)32(27,28)25-21-15-19(29-2)11-14-22(21)30-3/h9-17,25H,4-8H2,1-3H3,(H,24,26)/t16-/m0/s1. The average molecular weight is 463 g/mol. The van der Waals surface area contributed by atoms with Crippen molar-refractivity contribution < 1.29 is 27.4 Å². The zero-order valence-corrected chi connectivity index (χ0v) is 19.4. The van der Waals surface area contributed by atoms with Crippen LogP contribution in [0.5, 0.6) is 17.2 Å². The molecule has 1 saturated carbocycles. The van der Waals surface area contributed by atoms with Gasteiger partial charge >= 0.3 is 0 Å². The number of sulfonamides is 1. The Morgan fingerprint density at radius 1 is 0.969 bits per heavy atom. The topological polar surface area (TPSA) is 103 Å². The number of anilines is 1. The summed E-state index contributed by atoms with van der Waals surface area (Å²) < 4.78 is 44.2. The molecule has 32 heavy (non-hydrogen) atoms. The molecule has 174 valence electrons. The Balaban J connectivity index is 1.64. The molecule has 3 rings (SSSR count). The molecule has 2 N–H and O–H groups in total. The van der Waals surface area contributed by atoms with Gasteiger partial charge in [0.05, 0.1) is 24.8 Å². The summed E-state index contributed by atoms with van der Waals surface area (Å²) in [6, 6.07) is 11.0. The molecular formula is C23H30N2O6S. The first-order chi connectivity index (χ1) is 15.3. The molecule has 0 heterocycles. The quantitative estimate of drug-likeness (QED) is 0.589. The van der Waals surface area contributed by atoms with Crippen LogP contribution in [0.15, 0.2) is 47.4 Å². The first kappa shape index (κ1) is 23.7. The van der Waals surface area contributed by atoms with Crippen LogP contribution in [-0.4, -0.2) is 40.7 Å². The predicted octanol–water partition coefficient (Wildman–Crippen LogP) is 3.72. The van der Waals surface area contributed by atoms with Crippen molar-refractivity contribution in [3.05, 3.63) is 42.5 Å². The predicted molar refractivity (Wildman–Crippen MR) is 122 cm³/mol. The van der Waals surface area contributed by atoms with Crippen LogP contribution in [0.3, 0.4) is 0 Å². The summed E-state index contributed by atoms with van der Waals surface area (Å²) in [6.07, 6.45) is 4.79. The van der Waals surface area contributed by atoms with Crippen molar-refractivity contribution in [1.82, 2.24) is 5.32 Å². The van der Waals surface area contributed by atoms with Crippen LogP contribution < -0.4 is 24.2 Å². The van der Waals surface area contributed by atoms with Crippen molar-refractivity contribution >= 4 is 21.6 Å². The molecule has 0 spiro atoms. The van der Waals surface area contributed by atoms with Gasteiger partial charge in [-0.15, -0.1) is 0 Å². The molecule has 0 saturated heterocycles. The Morgan fingerprint density at radius 3 is 2.25 bits per heavy atom. The van der Waals surface area contributed by atoms with Crippen molar-refractivity contribution in [3.8, 4) is 17.2 Å². The van der Waals surface area contributed by atoms with E-state index in [4.69, 9.17) is 14.2 Å². The SMILES string of the molecule is COc1ccc(OC)c(NS(=O)(=O)c2ccc(O[C@@H](C)C(=O)NC3CCCCC3)cc2)c1. The van der Waals surface area contributed by atoms with E-state index in [-0.39, 0.29) is 22.5 Å². The molecule has 2 aromatic carbocycles. The highest BCUT2D eigenvalue weighted by atomic mass is 32.2.